The van der Waals surface area contributed by atoms with Gasteiger partial charge in [0, 0.05) is 23.3 Å². The van der Waals surface area contributed by atoms with Crippen LogP contribution in [0.3, 0.4) is 0 Å². The van der Waals surface area contributed by atoms with Crippen LogP contribution < -0.4 is 10.6 Å². The van der Waals surface area contributed by atoms with Crippen LogP contribution in [0.15, 0.2) is 35.3 Å². The summed E-state index contributed by atoms with van der Waals surface area (Å²) in [7, 11) is 0. The van der Waals surface area contributed by atoms with Crippen LogP contribution in [-0.2, 0) is 0 Å². The topological polar surface area (TPSA) is 36.4 Å². The molecule has 5 heteroatoms. The largest absolute Gasteiger partial charge is 0.357 e. The quantitative estimate of drug-likeness (QED) is 0.407. The molecule has 0 bridgehead atoms. The van der Waals surface area contributed by atoms with Gasteiger partial charge in [-0.05, 0) is 39.0 Å². The van der Waals surface area contributed by atoms with Crippen molar-refractivity contribution in [1.29, 1.82) is 0 Å². The van der Waals surface area contributed by atoms with Crippen molar-refractivity contribution >= 4 is 41.7 Å². The highest BCUT2D eigenvalue weighted by atomic mass is 127. The van der Waals surface area contributed by atoms with E-state index in [0.29, 0.717) is 12.0 Å². The molecule has 2 atom stereocenters. The lowest BCUT2D eigenvalue weighted by atomic mass is 10.1. The van der Waals surface area contributed by atoms with E-state index in [-0.39, 0.29) is 28.7 Å². The van der Waals surface area contributed by atoms with Gasteiger partial charge in [-0.2, -0.15) is 11.8 Å². The number of benzene rings is 1. The Labute approximate surface area is 156 Å². The number of halogens is 1. The molecule has 0 radical (unpaired) electrons. The molecular weight excluding hydrogens is 405 g/mol. The predicted octanol–water partition coefficient (Wildman–Crippen LogP) is 3.86. The van der Waals surface area contributed by atoms with Crippen LogP contribution in [0.25, 0.3) is 0 Å². The molecule has 0 heterocycles. The van der Waals surface area contributed by atoms with E-state index in [1.807, 2.05) is 11.8 Å². The Hall–Kier alpha value is -0.430. The molecule has 0 aliphatic heterocycles. The second-order valence-electron chi connectivity index (χ2n) is 6.16. The van der Waals surface area contributed by atoms with Gasteiger partial charge in [-0.1, -0.05) is 30.3 Å². The lowest BCUT2D eigenvalue weighted by Crippen LogP contribution is -2.40. The number of nitrogens with zero attached hydrogens (tertiary/aromatic N) is 1. The summed E-state index contributed by atoms with van der Waals surface area (Å²) >= 11 is 1.86. The molecule has 2 N–H and O–H groups in total. The third kappa shape index (κ3) is 5.99. The third-order valence-corrected chi connectivity index (χ3v) is 5.09. The number of nitrogens with one attached hydrogen (secondary N) is 2. The summed E-state index contributed by atoms with van der Waals surface area (Å²) < 4.78 is 0.185. The van der Waals surface area contributed by atoms with E-state index < -0.39 is 0 Å². The summed E-state index contributed by atoms with van der Waals surface area (Å²) in [4.78, 5) is 4.74. The van der Waals surface area contributed by atoms with E-state index in [9.17, 15) is 0 Å². The van der Waals surface area contributed by atoms with Gasteiger partial charge >= 0.3 is 0 Å². The molecule has 0 saturated heterocycles. The minimum absolute atomic E-state index is 0. The molecule has 1 aromatic carbocycles. The van der Waals surface area contributed by atoms with Gasteiger partial charge in [0.25, 0.3) is 0 Å². The molecule has 2 unspecified atom stereocenters. The van der Waals surface area contributed by atoms with Gasteiger partial charge < -0.3 is 10.6 Å². The summed E-state index contributed by atoms with van der Waals surface area (Å²) in [6.45, 7) is 8.29. The molecular formula is C17H28IN3S. The lowest BCUT2D eigenvalue weighted by molar-refractivity contribution is 0.708. The minimum Gasteiger partial charge on any atom is -0.357 e. The van der Waals surface area contributed by atoms with Crippen molar-refractivity contribution in [2.24, 2.45) is 4.99 Å². The Morgan fingerprint density at radius 1 is 1.32 bits per heavy atom. The Balaban J connectivity index is 0.00000242. The van der Waals surface area contributed by atoms with Crippen molar-refractivity contribution in [3.8, 4) is 0 Å². The van der Waals surface area contributed by atoms with Crippen LogP contribution in [0, 0.1) is 0 Å². The summed E-state index contributed by atoms with van der Waals surface area (Å²) in [5.74, 6) is 1.58. The standard InChI is InChI=1S/C17H27N3S.HI/c1-5-18-16(19-12-17(2,3)21-4)20-15-11-14(15)13-9-7-6-8-10-13;/h6-10,14-15H,5,11-12H2,1-4H3,(H2,18,19,20);1H. The van der Waals surface area contributed by atoms with Crippen LogP contribution in [0.1, 0.15) is 38.7 Å². The predicted molar refractivity (Wildman–Crippen MR) is 110 cm³/mol. The monoisotopic (exact) mass is 433 g/mol. The third-order valence-electron chi connectivity index (χ3n) is 3.86. The SMILES string of the molecule is CCNC(=NCC(C)(C)SC)NC1CC1c1ccccc1.I. The number of rotatable bonds is 6. The highest BCUT2D eigenvalue weighted by Crippen LogP contribution is 2.40. The zero-order chi connectivity index (χ0) is 15.3. The fraction of sp³-hybridized carbons (Fsp3) is 0.588. The first-order chi connectivity index (χ1) is 10.1. The normalized spacial score (nSPS) is 21.0. The molecule has 1 fully saturated rings. The fourth-order valence-electron chi connectivity index (χ4n) is 2.25. The van der Waals surface area contributed by atoms with Crippen LogP contribution in [-0.4, -0.2) is 36.1 Å². The van der Waals surface area contributed by atoms with E-state index in [0.717, 1.165) is 19.0 Å². The average molecular weight is 433 g/mol. The van der Waals surface area contributed by atoms with Gasteiger partial charge in [-0.3, -0.25) is 4.99 Å². The van der Waals surface area contributed by atoms with Crippen LogP contribution in [0.4, 0.5) is 0 Å². The van der Waals surface area contributed by atoms with Crippen LogP contribution in [0.2, 0.25) is 0 Å². The maximum absolute atomic E-state index is 4.74. The summed E-state index contributed by atoms with van der Waals surface area (Å²) in [6.07, 6.45) is 3.34. The molecule has 124 valence electrons. The summed E-state index contributed by atoms with van der Waals surface area (Å²) in [5, 5.41) is 6.92. The highest BCUT2D eigenvalue weighted by molar-refractivity contribution is 14.0. The van der Waals surface area contributed by atoms with Crippen LogP contribution in [0.5, 0.6) is 0 Å². The maximum Gasteiger partial charge on any atom is 0.191 e. The number of thioether (sulfide) groups is 1. The van der Waals surface area contributed by atoms with Gasteiger partial charge in [0.2, 0.25) is 0 Å². The molecule has 3 nitrogen and oxygen atoms in total. The molecule has 0 amide bonds. The Kier molecular flexibility index (Phi) is 8.03. The van der Waals surface area contributed by atoms with Gasteiger partial charge in [-0.15, -0.1) is 24.0 Å². The Morgan fingerprint density at radius 2 is 2.00 bits per heavy atom. The zero-order valence-electron chi connectivity index (χ0n) is 13.9. The first-order valence-electron chi connectivity index (χ1n) is 7.70. The number of hydrogen-bond donors (Lipinski definition) is 2. The van der Waals surface area contributed by atoms with E-state index in [1.165, 1.54) is 12.0 Å². The first kappa shape index (κ1) is 19.6. The Bertz CT molecular complexity index is 476. The second kappa shape index (κ2) is 9.01. The molecule has 2 rings (SSSR count). The Morgan fingerprint density at radius 3 is 2.59 bits per heavy atom. The number of aliphatic imine (C=N–C) groups is 1. The van der Waals surface area contributed by atoms with Gasteiger partial charge in [0.15, 0.2) is 5.96 Å². The summed E-state index contributed by atoms with van der Waals surface area (Å²) in [6, 6.07) is 11.3. The van der Waals surface area contributed by atoms with Crippen molar-refractivity contribution in [2.45, 2.75) is 43.9 Å². The maximum atomic E-state index is 4.74. The average Bonchev–Trinajstić information content (AvgIpc) is 3.25. The van der Waals surface area contributed by atoms with E-state index >= 15 is 0 Å². The molecule has 1 aliphatic rings. The molecule has 0 spiro atoms. The van der Waals surface area contributed by atoms with Crippen molar-refractivity contribution < 1.29 is 0 Å². The molecule has 22 heavy (non-hydrogen) atoms. The molecule has 1 saturated carbocycles. The number of hydrogen-bond acceptors (Lipinski definition) is 2. The van der Waals surface area contributed by atoms with Crippen molar-refractivity contribution in [3.63, 3.8) is 0 Å². The second-order valence-corrected chi connectivity index (χ2v) is 7.68. The summed E-state index contributed by atoms with van der Waals surface area (Å²) in [5.41, 5.74) is 1.43. The van der Waals surface area contributed by atoms with E-state index in [1.54, 1.807) is 0 Å². The van der Waals surface area contributed by atoms with E-state index in [4.69, 9.17) is 4.99 Å². The van der Waals surface area contributed by atoms with Crippen molar-refractivity contribution in [2.75, 3.05) is 19.3 Å². The van der Waals surface area contributed by atoms with Crippen LogP contribution >= 0.6 is 35.7 Å². The fourth-order valence-corrected chi connectivity index (χ4v) is 2.45. The van der Waals surface area contributed by atoms with Crippen molar-refractivity contribution in [1.82, 2.24) is 10.6 Å². The molecule has 0 aromatic heterocycles. The lowest BCUT2D eigenvalue weighted by Gasteiger charge is -2.20. The van der Waals surface area contributed by atoms with Gasteiger partial charge in [-0.25, -0.2) is 0 Å². The van der Waals surface area contributed by atoms with Crippen molar-refractivity contribution in [3.05, 3.63) is 35.9 Å². The number of guanidine groups is 1. The van der Waals surface area contributed by atoms with Gasteiger partial charge in [0.05, 0.1) is 6.54 Å². The van der Waals surface area contributed by atoms with Gasteiger partial charge in [0.1, 0.15) is 0 Å². The molecule has 1 aromatic rings. The minimum atomic E-state index is 0. The zero-order valence-corrected chi connectivity index (χ0v) is 17.1. The van der Waals surface area contributed by atoms with E-state index in [2.05, 4.69) is 68.0 Å². The highest BCUT2D eigenvalue weighted by Gasteiger charge is 2.38. The smallest absolute Gasteiger partial charge is 0.191 e. The molecule has 1 aliphatic carbocycles. The first-order valence-corrected chi connectivity index (χ1v) is 8.93.